The predicted molar refractivity (Wildman–Crippen MR) is 127 cm³/mol. The summed E-state index contributed by atoms with van der Waals surface area (Å²) in [6.07, 6.45) is 5.45. The van der Waals surface area contributed by atoms with E-state index in [1.807, 2.05) is 59.6 Å². The topological polar surface area (TPSA) is 70.5 Å². The van der Waals surface area contributed by atoms with Crippen molar-refractivity contribution in [2.75, 3.05) is 32.7 Å². The molecular weight excluding hydrogens is 422 g/mol. The number of carbonyl (C=O) groups excluding carboxylic acids is 2. The molecule has 0 radical (unpaired) electrons. The average molecular weight is 450 g/mol. The lowest BCUT2D eigenvalue weighted by molar-refractivity contribution is -0.127. The molecule has 4 rings (SSSR count). The van der Waals surface area contributed by atoms with E-state index in [1.54, 1.807) is 27.2 Å². The van der Waals surface area contributed by atoms with E-state index in [4.69, 9.17) is 5.10 Å². The molecule has 1 aromatic carbocycles. The van der Waals surface area contributed by atoms with Gasteiger partial charge in [-0.2, -0.15) is 5.10 Å². The van der Waals surface area contributed by atoms with Crippen molar-refractivity contribution in [3.05, 3.63) is 71.2 Å². The minimum absolute atomic E-state index is 0.0477. The van der Waals surface area contributed by atoms with Crippen LogP contribution in [0.25, 0.3) is 16.6 Å². The van der Waals surface area contributed by atoms with Crippen LogP contribution in [0.3, 0.4) is 0 Å². The molecule has 2 aromatic heterocycles. The second-order valence-electron chi connectivity index (χ2n) is 7.57. The first-order valence-electron chi connectivity index (χ1n) is 10.8. The van der Waals surface area contributed by atoms with Crippen LogP contribution in [0, 0.1) is 0 Å². The number of urea groups is 1. The molecule has 1 N–H and O–H groups in total. The maximum atomic E-state index is 12.8. The third-order valence-corrected chi connectivity index (χ3v) is 6.22. The normalized spacial score (nSPS) is 14.2. The Hall–Kier alpha value is -3.39. The van der Waals surface area contributed by atoms with Crippen LogP contribution in [-0.4, -0.2) is 64.2 Å². The number of benzene rings is 1. The highest BCUT2D eigenvalue weighted by atomic mass is 32.1. The molecule has 1 aliphatic heterocycles. The van der Waals surface area contributed by atoms with Gasteiger partial charge in [0.15, 0.2) is 0 Å². The lowest BCUT2D eigenvalue weighted by Gasteiger charge is -2.34. The van der Waals surface area contributed by atoms with Gasteiger partial charge in [-0.25, -0.2) is 4.79 Å². The van der Waals surface area contributed by atoms with E-state index in [0.29, 0.717) is 39.3 Å². The van der Waals surface area contributed by atoms with Gasteiger partial charge >= 0.3 is 6.03 Å². The molecule has 1 fully saturated rings. The highest BCUT2D eigenvalue weighted by Gasteiger charge is 2.22. The monoisotopic (exact) mass is 449 g/mol. The van der Waals surface area contributed by atoms with Crippen molar-refractivity contribution in [2.45, 2.75) is 13.5 Å². The molecule has 0 bridgehead atoms. The second-order valence-corrected chi connectivity index (χ2v) is 8.52. The van der Waals surface area contributed by atoms with E-state index in [1.165, 1.54) is 5.56 Å². The molecule has 0 atom stereocenters. The Kier molecular flexibility index (Phi) is 7.01. The summed E-state index contributed by atoms with van der Waals surface area (Å²) in [7, 11) is 0. The van der Waals surface area contributed by atoms with E-state index in [9.17, 15) is 9.59 Å². The molecule has 1 aliphatic rings. The Labute approximate surface area is 192 Å². The molecule has 7 nitrogen and oxygen atoms in total. The molecule has 166 valence electrons. The SMILES string of the molecule is CCNC(=O)N1CCN(C(=O)/C=C/c2cn(Cc3ccccc3)nc2-c2cccs2)CC1. The van der Waals surface area contributed by atoms with Gasteiger partial charge in [0.1, 0.15) is 5.69 Å². The van der Waals surface area contributed by atoms with Gasteiger partial charge in [-0.3, -0.25) is 9.48 Å². The molecule has 0 spiro atoms. The Morgan fingerprint density at radius 1 is 1.06 bits per heavy atom. The maximum absolute atomic E-state index is 12.8. The molecule has 1 saturated heterocycles. The van der Waals surface area contributed by atoms with Crippen molar-refractivity contribution in [3.63, 3.8) is 0 Å². The van der Waals surface area contributed by atoms with Gasteiger partial charge in [-0.05, 0) is 30.0 Å². The van der Waals surface area contributed by atoms with Crippen molar-refractivity contribution >= 4 is 29.4 Å². The summed E-state index contributed by atoms with van der Waals surface area (Å²) in [6.45, 7) is 5.32. The van der Waals surface area contributed by atoms with Gasteiger partial charge in [-0.15, -0.1) is 11.3 Å². The minimum Gasteiger partial charge on any atom is -0.338 e. The number of hydrogen-bond acceptors (Lipinski definition) is 4. The fourth-order valence-corrected chi connectivity index (χ4v) is 4.41. The molecular formula is C24H27N5O2S. The van der Waals surface area contributed by atoms with Crippen molar-refractivity contribution < 1.29 is 9.59 Å². The molecule has 3 aromatic rings. The minimum atomic E-state index is -0.0680. The summed E-state index contributed by atoms with van der Waals surface area (Å²) in [4.78, 5) is 29.3. The fraction of sp³-hybridized carbons (Fsp3) is 0.292. The Balaban J connectivity index is 1.46. The third-order valence-electron chi connectivity index (χ3n) is 5.34. The lowest BCUT2D eigenvalue weighted by Crippen LogP contribution is -2.52. The van der Waals surface area contributed by atoms with Crippen LogP contribution in [0.1, 0.15) is 18.1 Å². The molecule has 3 heterocycles. The molecule has 0 aliphatic carbocycles. The highest BCUT2D eigenvalue weighted by Crippen LogP contribution is 2.28. The number of amides is 3. The number of thiophene rings is 1. The fourth-order valence-electron chi connectivity index (χ4n) is 3.67. The van der Waals surface area contributed by atoms with Gasteiger partial charge in [0.2, 0.25) is 5.91 Å². The number of rotatable bonds is 6. The molecule has 0 unspecified atom stereocenters. The number of carbonyl (C=O) groups is 2. The zero-order valence-corrected chi connectivity index (χ0v) is 18.9. The molecule has 32 heavy (non-hydrogen) atoms. The first kappa shape index (κ1) is 21.8. The summed E-state index contributed by atoms with van der Waals surface area (Å²) < 4.78 is 1.92. The number of aromatic nitrogens is 2. The van der Waals surface area contributed by atoms with E-state index in [0.717, 1.165) is 16.1 Å². The average Bonchev–Trinajstić information content (AvgIpc) is 3.48. The maximum Gasteiger partial charge on any atom is 0.317 e. The number of piperazine rings is 1. The first-order chi connectivity index (χ1) is 15.6. The number of nitrogens with one attached hydrogen (secondary N) is 1. The number of hydrogen-bond donors (Lipinski definition) is 1. The molecule has 8 heteroatoms. The zero-order valence-electron chi connectivity index (χ0n) is 18.1. The van der Waals surface area contributed by atoms with Crippen molar-refractivity contribution in [1.82, 2.24) is 24.9 Å². The zero-order chi connectivity index (χ0) is 22.3. The van der Waals surface area contributed by atoms with Gasteiger partial charge in [0.05, 0.1) is 11.4 Å². The standard InChI is InChI=1S/C24H27N5O2S/c1-2-25-24(31)28-14-12-27(13-15-28)22(30)11-10-20-18-29(17-19-7-4-3-5-8-19)26-23(20)21-9-6-16-32-21/h3-11,16,18H,2,12-15,17H2,1H3,(H,25,31)/b11-10+. The van der Waals surface area contributed by atoms with Gasteiger partial charge in [-0.1, -0.05) is 36.4 Å². The van der Waals surface area contributed by atoms with Crippen molar-refractivity contribution in [3.8, 4) is 10.6 Å². The lowest BCUT2D eigenvalue weighted by atomic mass is 10.2. The van der Waals surface area contributed by atoms with Crippen LogP contribution < -0.4 is 5.32 Å². The summed E-state index contributed by atoms with van der Waals surface area (Å²) in [5, 5.41) is 9.62. The van der Waals surface area contributed by atoms with Crippen LogP contribution in [0.5, 0.6) is 0 Å². The summed E-state index contributed by atoms with van der Waals surface area (Å²) in [5.41, 5.74) is 2.96. The van der Waals surface area contributed by atoms with Crippen molar-refractivity contribution in [1.29, 1.82) is 0 Å². The van der Waals surface area contributed by atoms with E-state index in [2.05, 4.69) is 17.4 Å². The first-order valence-corrected chi connectivity index (χ1v) is 11.7. The van der Waals surface area contributed by atoms with Gasteiger partial charge < -0.3 is 15.1 Å². The largest absolute Gasteiger partial charge is 0.338 e. The quantitative estimate of drug-likeness (QED) is 0.585. The Morgan fingerprint density at radius 3 is 2.50 bits per heavy atom. The van der Waals surface area contributed by atoms with Crippen molar-refractivity contribution in [2.24, 2.45) is 0 Å². The molecule has 0 saturated carbocycles. The highest BCUT2D eigenvalue weighted by molar-refractivity contribution is 7.13. The van der Waals surface area contributed by atoms with Crippen LogP contribution >= 0.6 is 11.3 Å². The van der Waals surface area contributed by atoms with Crippen LogP contribution in [0.2, 0.25) is 0 Å². The Bertz CT molecular complexity index is 1070. The summed E-state index contributed by atoms with van der Waals surface area (Å²) >= 11 is 1.63. The smallest absolute Gasteiger partial charge is 0.317 e. The van der Waals surface area contributed by atoms with Crippen LogP contribution in [-0.2, 0) is 11.3 Å². The van der Waals surface area contributed by atoms with Gasteiger partial charge in [0.25, 0.3) is 0 Å². The van der Waals surface area contributed by atoms with E-state index < -0.39 is 0 Å². The molecule has 3 amide bonds. The summed E-state index contributed by atoms with van der Waals surface area (Å²) in [6, 6.07) is 14.2. The van der Waals surface area contributed by atoms with Crippen LogP contribution in [0.4, 0.5) is 4.79 Å². The van der Waals surface area contributed by atoms with E-state index in [-0.39, 0.29) is 11.9 Å². The summed E-state index contributed by atoms with van der Waals surface area (Å²) in [5.74, 6) is -0.0477. The Morgan fingerprint density at radius 2 is 1.81 bits per heavy atom. The number of nitrogens with zero attached hydrogens (tertiary/aromatic N) is 4. The van der Waals surface area contributed by atoms with Gasteiger partial charge in [0, 0.05) is 50.6 Å². The van der Waals surface area contributed by atoms with E-state index >= 15 is 0 Å². The second kappa shape index (κ2) is 10.3. The predicted octanol–water partition coefficient (Wildman–Crippen LogP) is 3.55. The van der Waals surface area contributed by atoms with Crippen LogP contribution in [0.15, 0.2) is 60.1 Å². The third kappa shape index (κ3) is 5.26.